The number of hydrogen-bond acceptors (Lipinski definition) is 4. The SMILES string of the molecule is C[C@H](C(=O)O)C(c1ccc2c(c1)OC1(CC2)CCN(S(=O)(=O)c2ccc(Cl)cc2Cl)CC1)C1CC1. The van der Waals surface area contributed by atoms with E-state index in [4.69, 9.17) is 27.9 Å². The lowest BCUT2D eigenvalue weighted by Gasteiger charge is -2.44. The molecule has 1 N–H and O–H groups in total. The predicted molar refractivity (Wildman–Crippen MR) is 135 cm³/mol. The molecule has 5 rings (SSSR count). The van der Waals surface area contributed by atoms with Gasteiger partial charge in [-0.05, 0) is 72.9 Å². The molecule has 0 radical (unpaired) electrons. The molecule has 1 saturated carbocycles. The molecule has 35 heavy (non-hydrogen) atoms. The van der Waals surface area contributed by atoms with Gasteiger partial charge in [0.05, 0.1) is 10.9 Å². The average molecular weight is 538 g/mol. The molecule has 2 aliphatic heterocycles. The number of rotatable bonds is 6. The van der Waals surface area contributed by atoms with E-state index >= 15 is 0 Å². The lowest BCUT2D eigenvalue weighted by Crippen LogP contribution is -2.51. The molecule has 1 spiro atoms. The number of benzene rings is 2. The molecule has 6 nitrogen and oxygen atoms in total. The first-order valence-electron chi connectivity index (χ1n) is 12.1. The summed E-state index contributed by atoms with van der Waals surface area (Å²) < 4.78 is 34.5. The van der Waals surface area contributed by atoms with E-state index in [1.54, 1.807) is 6.92 Å². The molecule has 0 aromatic heterocycles. The summed E-state index contributed by atoms with van der Waals surface area (Å²) in [4.78, 5) is 11.8. The van der Waals surface area contributed by atoms with Gasteiger partial charge in [-0.1, -0.05) is 42.3 Å². The third-order valence-electron chi connectivity index (χ3n) is 7.86. The third kappa shape index (κ3) is 4.80. The normalized spacial score (nSPS) is 21.7. The number of aryl methyl sites for hydroxylation is 1. The number of carboxylic acids is 1. The van der Waals surface area contributed by atoms with Gasteiger partial charge in [-0.25, -0.2) is 8.42 Å². The second-order valence-electron chi connectivity index (χ2n) is 10.1. The van der Waals surface area contributed by atoms with Crippen LogP contribution in [0.5, 0.6) is 5.75 Å². The number of fused-ring (bicyclic) bond motifs is 1. The van der Waals surface area contributed by atoms with Gasteiger partial charge in [0, 0.05) is 31.0 Å². The number of sulfonamides is 1. The van der Waals surface area contributed by atoms with Crippen LogP contribution in [-0.2, 0) is 21.2 Å². The van der Waals surface area contributed by atoms with Crippen LogP contribution in [0.15, 0.2) is 41.3 Å². The van der Waals surface area contributed by atoms with Gasteiger partial charge < -0.3 is 9.84 Å². The Labute approximate surface area is 216 Å². The molecule has 3 aliphatic rings. The Kier molecular flexibility index (Phi) is 6.58. The summed E-state index contributed by atoms with van der Waals surface area (Å²) in [5.41, 5.74) is 1.73. The van der Waals surface area contributed by atoms with Crippen LogP contribution in [0.4, 0.5) is 0 Å². The van der Waals surface area contributed by atoms with E-state index in [0.29, 0.717) is 36.9 Å². The molecule has 2 aromatic carbocycles. The van der Waals surface area contributed by atoms with Gasteiger partial charge in [-0.15, -0.1) is 0 Å². The van der Waals surface area contributed by atoms with E-state index < -0.39 is 27.5 Å². The van der Waals surface area contributed by atoms with Gasteiger partial charge in [0.1, 0.15) is 16.2 Å². The van der Waals surface area contributed by atoms with Crippen molar-refractivity contribution in [1.82, 2.24) is 4.31 Å². The van der Waals surface area contributed by atoms with Crippen molar-refractivity contribution in [2.45, 2.75) is 61.9 Å². The minimum atomic E-state index is -3.73. The van der Waals surface area contributed by atoms with Gasteiger partial charge in [0.25, 0.3) is 0 Å². The van der Waals surface area contributed by atoms with E-state index in [-0.39, 0.29) is 15.8 Å². The predicted octanol–water partition coefficient (Wildman–Crippen LogP) is 5.76. The molecule has 1 unspecified atom stereocenters. The number of piperidine rings is 1. The fourth-order valence-electron chi connectivity index (χ4n) is 5.61. The van der Waals surface area contributed by atoms with E-state index in [2.05, 4.69) is 12.1 Å². The van der Waals surface area contributed by atoms with Crippen molar-refractivity contribution in [3.05, 3.63) is 57.6 Å². The molecule has 2 aromatic rings. The lowest BCUT2D eigenvalue weighted by atomic mass is 9.80. The summed E-state index contributed by atoms with van der Waals surface area (Å²) in [7, 11) is -3.73. The number of carboxylic acid groups (broad SMARTS) is 1. The van der Waals surface area contributed by atoms with Crippen LogP contribution in [-0.4, -0.2) is 42.5 Å². The Balaban J connectivity index is 1.33. The summed E-state index contributed by atoms with van der Waals surface area (Å²) in [6.07, 6.45) is 4.97. The van der Waals surface area contributed by atoms with Crippen LogP contribution in [0.3, 0.4) is 0 Å². The maximum atomic E-state index is 13.2. The van der Waals surface area contributed by atoms with Crippen molar-refractivity contribution >= 4 is 39.2 Å². The highest BCUT2D eigenvalue weighted by Crippen LogP contribution is 2.49. The molecular weight excluding hydrogens is 509 g/mol. The minimum absolute atomic E-state index is 0.0182. The first-order chi connectivity index (χ1) is 16.6. The summed E-state index contributed by atoms with van der Waals surface area (Å²) in [5, 5.41) is 10.1. The summed E-state index contributed by atoms with van der Waals surface area (Å²) >= 11 is 12.1. The first-order valence-corrected chi connectivity index (χ1v) is 14.3. The molecule has 2 fully saturated rings. The molecule has 2 atom stereocenters. The smallest absolute Gasteiger partial charge is 0.306 e. The molecule has 188 valence electrons. The van der Waals surface area contributed by atoms with Crippen molar-refractivity contribution < 1.29 is 23.1 Å². The van der Waals surface area contributed by atoms with Crippen LogP contribution in [0.25, 0.3) is 0 Å². The zero-order valence-electron chi connectivity index (χ0n) is 19.5. The maximum Gasteiger partial charge on any atom is 0.306 e. The lowest BCUT2D eigenvalue weighted by molar-refractivity contribution is -0.142. The van der Waals surface area contributed by atoms with E-state index in [9.17, 15) is 18.3 Å². The zero-order chi connectivity index (χ0) is 25.0. The summed E-state index contributed by atoms with van der Waals surface area (Å²) in [6.45, 7) is 2.48. The van der Waals surface area contributed by atoms with Gasteiger partial charge >= 0.3 is 5.97 Å². The highest BCUT2D eigenvalue weighted by Gasteiger charge is 2.44. The number of nitrogens with zero attached hydrogens (tertiary/aromatic N) is 1. The number of halogens is 2. The van der Waals surface area contributed by atoms with Gasteiger partial charge in [0.2, 0.25) is 10.0 Å². The highest BCUT2D eigenvalue weighted by atomic mass is 35.5. The molecule has 9 heteroatoms. The third-order valence-corrected chi connectivity index (χ3v) is 10.5. The van der Waals surface area contributed by atoms with Gasteiger partial charge in [0.15, 0.2) is 0 Å². The second kappa shape index (κ2) is 9.25. The van der Waals surface area contributed by atoms with E-state index in [1.165, 1.54) is 22.5 Å². The number of ether oxygens (including phenoxy) is 1. The molecule has 1 aliphatic carbocycles. The van der Waals surface area contributed by atoms with Crippen molar-refractivity contribution in [3.8, 4) is 5.75 Å². The maximum absolute atomic E-state index is 13.2. The molecular formula is C26H29Cl2NO5S. The Morgan fingerprint density at radius 1 is 1.11 bits per heavy atom. The van der Waals surface area contributed by atoms with E-state index in [1.807, 2.05) is 6.07 Å². The standard InChI is InChI=1S/C26H29Cl2NO5S/c1-16(25(30)31)24(18-3-4-18)19-5-2-17-8-9-26(34-22(17)14-19)10-12-29(13-11-26)35(32,33)23-7-6-20(27)15-21(23)28/h2,5-7,14-16,18,24H,3-4,8-13H2,1H3,(H,30,31)/t16-,24?/m0/s1. The van der Waals surface area contributed by atoms with Crippen molar-refractivity contribution in [2.75, 3.05) is 13.1 Å². The highest BCUT2D eigenvalue weighted by molar-refractivity contribution is 7.89. The van der Waals surface area contributed by atoms with Crippen molar-refractivity contribution in [2.24, 2.45) is 11.8 Å². The monoisotopic (exact) mass is 537 g/mol. The topological polar surface area (TPSA) is 83.9 Å². The van der Waals surface area contributed by atoms with Crippen LogP contribution in [0.2, 0.25) is 10.0 Å². The van der Waals surface area contributed by atoms with E-state index in [0.717, 1.165) is 42.6 Å². The van der Waals surface area contributed by atoms with Crippen LogP contribution in [0.1, 0.15) is 56.1 Å². The average Bonchev–Trinajstić information content (AvgIpc) is 3.64. The van der Waals surface area contributed by atoms with Crippen molar-refractivity contribution in [3.63, 3.8) is 0 Å². The Bertz CT molecular complexity index is 1250. The Morgan fingerprint density at radius 2 is 1.83 bits per heavy atom. The zero-order valence-corrected chi connectivity index (χ0v) is 21.9. The largest absolute Gasteiger partial charge is 0.487 e. The van der Waals surface area contributed by atoms with Gasteiger partial charge in [-0.2, -0.15) is 4.31 Å². The van der Waals surface area contributed by atoms with Crippen LogP contribution in [0, 0.1) is 11.8 Å². The number of hydrogen-bond donors (Lipinski definition) is 1. The Morgan fingerprint density at radius 3 is 2.46 bits per heavy atom. The first kappa shape index (κ1) is 24.9. The fourth-order valence-corrected chi connectivity index (χ4v) is 7.80. The van der Waals surface area contributed by atoms with Crippen LogP contribution < -0.4 is 4.74 Å². The minimum Gasteiger partial charge on any atom is -0.487 e. The number of aliphatic carboxylic acids is 1. The second-order valence-corrected chi connectivity index (χ2v) is 12.9. The summed E-state index contributed by atoms with van der Waals surface area (Å²) in [5.74, 6) is -0.0214. The van der Waals surface area contributed by atoms with Crippen molar-refractivity contribution in [1.29, 1.82) is 0 Å². The molecule has 1 saturated heterocycles. The Hall–Kier alpha value is -1.80. The van der Waals surface area contributed by atoms with Gasteiger partial charge in [-0.3, -0.25) is 4.79 Å². The van der Waals surface area contributed by atoms with Crippen LogP contribution >= 0.6 is 23.2 Å². The summed E-state index contributed by atoms with van der Waals surface area (Å²) in [6, 6.07) is 10.6. The quantitative estimate of drug-likeness (QED) is 0.506. The molecule has 0 bridgehead atoms. The molecule has 2 heterocycles. The molecule has 0 amide bonds. The number of carbonyl (C=O) groups is 1. The fraction of sp³-hybridized carbons (Fsp3) is 0.500.